The Balaban J connectivity index is 0.000000180. The van der Waals surface area contributed by atoms with Gasteiger partial charge in [-0.1, -0.05) is 60.7 Å². The van der Waals surface area contributed by atoms with Gasteiger partial charge in [-0.2, -0.15) is 0 Å². The van der Waals surface area contributed by atoms with E-state index in [1.54, 1.807) is 11.1 Å². The molecule has 0 N–H and O–H groups in total. The second kappa shape index (κ2) is 7.92. The lowest BCUT2D eigenvalue weighted by Crippen LogP contribution is -2.00. The number of halogens is 1. The van der Waals surface area contributed by atoms with Crippen LogP contribution in [0.5, 0.6) is 0 Å². The summed E-state index contributed by atoms with van der Waals surface area (Å²) in [6.07, 6.45) is 5.38. The van der Waals surface area contributed by atoms with Crippen LogP contribution in [-0.2, 0) is 12.8 Å². The van der Waals surface area contributed by atoms with Gasteiger partial charge in [0.1, 0.15) is 0 Å². The summed E-state index contributed by atoms with van der Waals surface area (Å²) >= 11 is 0. The minimum Gasteiger partial charge on any atom is -0.147 e. The molecule has 1 heteroatoms. The first-order valence-corrected chi connectivity index (χ1v) is 6.03. The summed E-state index contributed by atoms with van der Waals surface area (Å²) < 4.78 is 0. The van der Waals surface area contributed by atoms with Crippen molar-refractivity contribution in [3.63, 3.8) is 0 Å². The molecule has 0 saturated carbocycles. The van der Waals surface area contributed by atoms with Crippen molar-refractivity contribution in [1.82, 2.24) is 0 Å². The highest BCUT2D eigenvalue weighted by atomic mass is 35.5. The van der Waals surface area contributed by atoms with Gasteiger partial charge in [0.15, 0.2) is 0 Å². The molecule has 2 aromatic carbocycles. The number of hydrogen-bond acceptors (Lipinski definition) is 0. The molecule has 0 fully saturated rings. The Hall–Kier alpha value is -1.27. The lowest BCUT2D eigenvalue weighted by molar-refractivity contribution is 0.685. The fraction of sp³-hybridized carbons (Fsp3) is 0.250. The standard InChI is InChI=1S/C10H12.C6H6.ClH/c1-2-6-10-8-4-3-7-9(10)5-1;1-2-4-6-5-3-1;/h1-2,5-6H,3-4,7-8H2;1-6H;1H. The summed E-state index contributed by atoms with van der Waals surface area (Å²) in [7, 11) is 0. The van der Waals surface area contributed by atoms with E-state index in [1.165, 1.54) is 25.7 Å². The molecule has 0 atom stereocenters. The van der Waals surface area contributed by atoms with Crippen molar-refractivity contribution in [2.75, 3.05) is 0 Å². The zero-order chi connectivity index (χ0) is 11.1. The quantitative estimate of drug-likeness (QED) is 0.634. The predicted molar refractivity (Wildman–Crippen MR) is 76.8 cm³/mol. The van der Waals surface area contributed by atoms with Crippen LogP contribution in [-0.4, -0.2) is 0 Å². The number of rotatable bonds is 0. The SMILES string of the molecule is Cl.c1ccc2c(c1)CCCC2.c1ccccc1. The van der Waals surface area contributed by atoms with Crippen LogP contribution in [0, 0.1) is 0 Å². The van der Waals surface area contributed by atoms with Crippen LogP contribution < -0.4 is 0 Å². The van der Waals surface area contributed by atoms with Gasteiger partial charge in [0.05, 0.1) is 0 Å². The minimum atomic E-state index is 0. The molecule has 0 aliphatic heterocycles. The second-order valence-corrected chi connectivity index (χ2v) is 4.13. The number of benzene rings is 2. The van der Waals surface area contributed by atoms with E-state index in [0.717, 1.165) is 0 Å². The number of aryl methyl sites for hydroxylation is 2. The van der Waals surface area contributed by atoms with Gasteiger partial charge in [-0.05, 0) is 36.8 Å². The molecule has 1 aliphatic rings. The van der Waals surface area contributed by atoms with Gasteiger partial charge in [-0.15, -0.1) is 12.4 Å². The Kier molecular flexibility index (Phi) is 6.42. The van der Waals surface area contributed by atoms with Crippen molar-refractivity contribution in [3.05, 3.63) is 71.8 Å². The molecule has 90 valence electrons. The minimum absolute atomic E-state index is 0. The van der Waals surface area contributed by atoms with E-state index in [0.29, 0.717) is 0 Å². The van der Waals surface area contributed by atoms with E-state index in [4.69, 9.17) is 0 Å². The molecule has 3 rings (SSSR count). The summed E-state index contributed by atoms with van der Waals surface area (Å²) in [5.74, 6) is 0. The van der Waals surface area contributed by atoms with Gasteiger partial charge in [-0.25, -0.2) is 0 Å². The molecular formula is C16H19Cl. The highest BCUT2D eigenvalue weighted by Crippen LogP contribution is 2.19. The van der Waals surface area contributed by atoms with Crippen molar-refractivity contribution in [3.8, 4) is 0 Å². The van der Waals surface area contributed by atoms with Crippen LogP contribution in [0.2, 0.25) is 0 Å². The predicted octanol–water partition coefficient (Wildman–Crippen LogP) is 4.67. The van der Waals surface area contributed by atoms with Crippen molar-refractivity contribution < 1.29 is 0 Å². The van der Waals surface area contributed by atoms with Crippen LogP contribution in [0.1, 0.15) is 24.0 Å². The van der Waals surface area contributed by atoms with Gasteiger partial charge in [0.2, 0.25) is 0 Å². The molecular weight excluding hydrogens is 228 g/mol. The smallest absolute Gasteiger partial charge is 0.0276 e. The van der Waals surface area contributed by atoms with E-state index in [1.807, 2.05) is 36.4 Å². The van der Waals surface area contributed by atoms with Crippen LogP contribution in [0.4, 0.5) is 0 Å². The average molecular weight is 247 g/mol. The molecule has 0 bridgehead atoms. The first-order chi connectivity index (χ1) is 7.97. The van der Waals surface area contributed by atoms with Crippen LogP contribution in [0.15, 0.2) is 60.7 Å². The summed E-state index contributed by atoms with van der Waals surface area (Å²) in [5.41, 5.74) is 3.16. The second-order valence-electron chi connectivity index (χ2n) is 4.13. The van der Waals surface area contributed by atoms with Gasteiger partial charge in [0, 0.05) is 0 Å². The molecule has 0 radical (unpaired) electrons. The van der Waals surface area contributed by atoms with Gasteiger partial charge in [-0.3, -0.25) is 0 Å². The molecule has 0 unspecified atom stereocenters. The molecule has 0 nitrogen and oxygen atoms in total. The molecule has 0 amide bonds. The fourth-order valence-electron chi connectivity index (χ4n) is 2.06. The Morgan fingerprint density at radius 3 is 1.24 bits per heavy atom. The Morgan fingerprint density at radius 1 is 0.529 bits per heavy atom. The van der Waals surface area contributed by atoms with Crippen molar-refractivity contribution >= 4 is 12.4 Å². The summed E-state index contributed by atoms with van der Waals surface area (Å²) in [6, 6.07) is 20.8. The Morgan fingerprint density at radius 2 is 0.882 bits per heavy atom. The molecule has 0 saturated heterocycles. The van der Waals surface area contributed by atoms with Crippen LogP contribution >= 0.6 is 12.4 Å². The van der Waals surface area contributed by atoms with E-state index in [-0.39, 0.29) is 12.4 Å². The van der Waals surface area contributed by atoms with Gasteiger partial charge in [0.25, 0.3) is 0 Å². The molecule has 1 aliphatic carbocycles. The zero-order valence-electron chi connectivity index (χ0n) is 10.0. The topological polar surface area (TPSA) is 0 Å². The third-order valence-corrected chi connectivity index (χ3v) is 2.93. The summed E-state index contributed by atoms with van der Waals surface area (Å²) in [4.78, 5) is 0. The maximum absolute atomic E-state index is 2.26. The molecule has 17 heavy (non-hydrogen) atoms. The van der Waals surface area contributed by atoms with E-state index in [9.17, 15) is 0 Å². The highest BCUT2D eigenvalue weighted by molar-refractivity contribution is 5.85. The summed E-state index contributed by atoms with van der Waals surface area (Å²) in [6.45, 7) is 0. The van der Waals surface area contributed by atoms with Crippen LogP contribution in [0.25, 0.3) is 0 Å². The first kappa shape index (κ1) is 13.8. The molecule has 0 heterocycles. The van der Waals surface area contributed by atoms with Gasteiger partial charge < -0.3 is 0 Å². The van der Waals surface area contributed by atoms with E-state index < -0.39 is 0 Å². The third-order valence-electron chi connectivity index (χ3n) is 2.93. The maximum atomic E-state index is 2.26. The van der Waals surface area contributed by atoms with E-state index in [2.05, 4.69) is 24.3 Å². The van der Waals surface area contributed by atoms with Crippen molar-refractivity contribution in [2.45, 2.75) is 25.7 Å². The Bertz CT molecular complexity index is 357. The molecule has 0 spiro atoms. The van der Waals surface area contributed by atoms with E-state index >= 15 is 0 Å². The number of hydrogen-bond donors (Lipinski definition) is 0. The Labute approximate surface area is 110 Å². The highest BCUT2D eigenvalue weighted by Gasteiger charge is 2.05. The summed E-state index contributed by atoms with van der Waals surface area (Å²) in [5, 5.41) is 0. The largest absolute Gasteiger partial charge is 0.147 e. The molecule has 2 aromatic rings. The van der Waals surface area contributed by atoms with Crippen LogP contribution in [0.3, 0.4) is 0 Å². The lowest BCUT2D eigenvalue weighted by Gasteiger charge is -2.13. The average Bonchev–Trinajstić information content (AvgIpc) is 2.42. The maximum Gasteiger partial charge on any atom is -0.0276 e. The van der Waals surface area contributed by atoms with Crippen molar-refractivity contribution in [2.24, 2.45) is 0 Å². The fourth-order valence-corrected chi connectivity index (χ4v) is 2.06. The normalized spacial score (nSPS) is 12.5. The lowest BCUT2D eigenvalue weighted by atomic mass is 9.92. The van der Waals surface area contributed by atoms with Gasteiger partial charge >= 0.3 is 0 Å². The molecule has 0 aromatic heterocycles. The first-order valence-electron chi connectivity index (χ1n) is 6.03. The van der Waals surface area contributed by atoms with Crippen molar-refractivity contribution in [1.29, 1.82) is 0 Å². The monoisotopic (exact) mass is 246 g/mol. The third kappa shape index (κ3) is 4.62. The zero-order valence-corrected chi connectivity index (χ0v) is 10.8. The number of fused-ring (bicyclic) bond motifs is 1.